The molecule has 4 nitrogen and oxygen atoms in total. The second-order valence-corrected chi connectivity index (χ2v) is 6.28. The van der Waals surface area contributed by atoms with Gasteiger partial charge in [0.1, 0.15) is 0 Å². The van der Waals surface area contributed by atoms with Crippen molar-refractivity contribution in [2.45, 2.75) is 40.0 Å². The highest BCUT2D eigenvalue weighted by Crippen LogP contribution is 2.10. The maximum atomic E-state index is 5.69. The zero-order valence-corrected chi connectivity index (χ0v) is 15.4. The molecule has 24 heavy (non-hydrogen) atoms. The molecule has 2 N–H and O–H groups in total. The van der Waals surface area contributed by atoms with E-state index in [9.17, 15) is 0 Å². The van der Waals surface area contributed by atoms with Gasteiger partial charge in [0.05, 0.1) is 13.2 Å². The fourth-order valence-corrected chi connectivity index (χ4v) is 2.93. The highest BCUT2D eigenvalue weighted by molar-refractivity contribution is 7.07. The zero-order chi connectivity index (χ0) is 17.0. The Bertz CT molecular complexity index is 611. The first-order valence-electron chi connectivity index (χ1n) is 8.51. The Balaban J connectivity index is 1.94. The van der Waals surface area contributed by atoms with Gasteiger partial charge in [0, 0.05) is 19.7 Å². The molecule has 0 aliphatic carbocycles. The van der Waals surface area contributed by atoms with Gasteiger partial charge in [-0.3, -0.25) is 0 Å². The molecule has 0 aliphatic heterocycles. The van der Waals surface area contributed by atoms with Crippen molar-refractivity contribution in [2.75, 3.05) is 13.2 Å². The summed E-state index contributed by atoms with van der Waals surface area (Å²) in [6, 6.07) is 10.5. The summed E-state index contributed by atoms with van der Waals surface area (Å²) in [5, 5.41) is 10.9. The standard InChI is InChI=1S/C19H27N3OS/c1-3-10-23-14-18-8-6-5-7-17(18)13-22-19(20-4-2)21-12-16-9-11-24-15-16/h5-9,11,15H,3-4,10,12-14H2,1-2H3,(H2,20,21,22). The minimum atomic E-state index is 0.661. The second-order valence-electron chi connectivity index (χ2n) is 5.50. The summed E-state index contributed by atoms with van der Waals surface area (Å²) in [6.07, 6.45) is 1.04. The molecule has 2 rings (SSSR count). The summed E-state index contributed by atoms with van der Waals surface area (Å²) >= 11 is 1.70. The summed E-state index contributed by atoms with van der Waals surface area (Å²) < 4.78 is 5.69. The number of guanidine groups is 1. The fraction of sp³-hybridized carbons (Fsp3) is 0.421. The molecule has 0 saturated heterocycles. The Morgan fingerprint density at radius 3 is 2.67 bits per heavy atom. The summed E-state index contributed by atoms with van der Waals surface area (Å²) in [4.78, 5) is 4.65. The SMILES string of the molecule is CCCOCc1ccccc1CNC(=NCc1ccsc1)NCC. The number of hydrogen-bond donors (Lipinski definition) is 2. The molecule has 1 aromatic heterocycles. The van der Waals surface area contributed by atoms with Gasteiger partial charge in [-0.2, -0.15) is 11.3 Å². The maximum Gasteiger partial charge on any atom is 0.191 e. The van der Waals surface area contributed by atoms with E-state index in [0.717, 1.165) is 32.1 Å². The minimum absolute atomic E-state index is 0.661. The highest BCUT2D eigenvalue weighted by Gasteiger charge is 2.04. The molecule has 0 aliphatic rings. The van der Waals surface area contributed by atoms with Crippen molar-refractivity contribution in [1.29, 1.82) is 0 Å². The topological polar surface area (TPSA) is 45.6 Å². The maximum absolute atomic E-state index is 5.69. The Morgan fingerprint density at radius 1 is 1.12 bits per heavy atom. The van der Waals surface area contributed by atoms with Crippen LogP contribution in [0.5, 0.6) is 0 Å². The molecule has 1 heterocycles. The van der Waals surface area contributed by atoms with E-state index in [4.69, 9.17) is 4.74 Å². The van der Waals surface area contributed by atoms with Crippen LogP contribution in [-0.2, 0) is 24.4 Å². The molecule has 0 saturated carbocycles. The molecule has 5 heteroatoms. The number of thiophene rings is 1. The predicted molar refractivity (Wildman–Crippen MR) is 102 cm³/mol. The van der Waals surface area contributed by atoms with Gasteiger partial charge >= 0.3 is 0 Å². The number of ether oxygens (including phenoxy) is 1. The second kappa shape index (κ2) is 10.8. The average Bonchev–Trinajstić information content (AvgIpc) is 3.12. The molecule has 0 atom stereocenters. The monoisotopic (exact) mass is 345 g/mol. The highest BCUT2D eigenvalue weighted by atomic mass is 32.1. The van der Waals surface area contributed by atoms with E-state index in [1.807, 2.05) is 0 Å². The summed E-state index contributed by atoms with van der Waals surface area (Å²) in [6.45, 7) is 7.94. The van der Waals surface area contributed by atoms with Crippen LogP contribution in [0.25, 0.3) is 0 Å². The lowest BCUT2D eigenvalue weighted by molar-refractivity contribution is 0.121. The third-order valence-corrected chi connectivity index (χ3v) is 4.25. The van der Waals surface area contributed by atoms with Crippen LogP contribution in [-0.4, -0.2) is 19.1 Å². The van der Waals surface area contributed by atoms with Crippen LogP contribution in [0.15, 0.2) is 46.1 Å². The van der Waals surface area contributed by atoms with Crippen molar-refractivity contribution < 1.29 is 4.74 Å². The summed E-state index contributed by atoms with van der Waals surface area (Å²) in [7, 11) is 0. The van der Waals surface area contributed by atoms with Crippen LogP contribution in [0.3, 0.4) is 0 Å². The van der Waals surface area contributed by atoms with Crippen molar-refractivity contribution in [2.24, 2.45) is 4.99 Å². The van der Waals surface area contributed by atoms with Crippen LogP contribution >= 0.6 is 11.3 Å². The van der Waals surface area contributed by atoms with Gasteiger partial charge in [-0.1, -0.05) is 31.2 Å². The van der Waals surface area contributed by atoms with Crippen LogP contribution < -0.4 is 10.6 Å². The Kier molecular flexibility index (Phi) is 8.35. The van der Waals surface area contributed by atoms with Crippen molar-refractivity contribution >= 4 is 17.3 Å². The number of hydrogen-bond acceptors (Lipinski definition) is 3. The van der Waals surface area contributed by atoms with Crippen molar-refractivity contribution in [3.05, 3.63) is 57.8 Å². The molecule has 1 aromatic carbocycles. The molecule has 0 bridgehead atoms. The van der Waals surface area contributed by atoms with Crippen LogP contribution in [0.4, 0.5) is 0 Å². The van der Waals surface area contributed by atoms with E-state index < -0.39 is 0 Å². The van der Waals surface area contributed by atoms with Crippen LogP contribution in [0, 0.1) is 0 Å². The van der Waals surface area contributed by atoms with E-state index in [0.29, 0.717) is 13.2 Å². The molecule has 0 unspecified atom stereocenters. The van der Waals surface area contributed by atoms with E-state index in [-0.39, 0.29) is 0 Å². The molecule has 130 valence electrons. The first-order valence-corrected chi connectivity index (χ1v) is 9.45. The first kappa shape index (κ1) is 18.5. The normalized spacial score (nSPS) is 11.5. The van der Waals surface area contributed by atoms with Gasteiger partial charge in [-0.05, 0) is 46.9 Å². The van der Waals surface area contributed by atoms with E-state index in [1.54, 1.807) is 11.3 Å². The third kappa shape index (κ3) is 6.34. The van der Waals surface area contributed by atoms with Crippen LogP contribution in [0.2, 0.25) is 0 Å². The molecule has 2 aromatic rings. The van der Waals surface area contributed by atoms with Gasteiger partial charge in [-0.25, -0.2) is 4.99 Å². The van der Waals surface area contributed by atoms with E-state index in [1.165, 1.54) is 16.7 Å². The smallest absolute Gasteiger partial charge is 0.191 e. The first-order chi connectivity index (χ1) is 11.8. The van der Waals surface area contributed by atoms with Crippen molar-refractivity contribution in [3.63, 3.8) is 0 Å². The van der Waals surface area contributed by atoms with E-state index in [2.05, 4.69) is 70.6 Å². The number of benzene rings is 1. The molecule has 0 fully saturated rings. The van der Waals surface area contributed by atoms with Crippen LogP contribution in [0.1, 0.15) is 37.0 Å². The molecular formula is C19H27N3OS. The lowest BCUT2D eigenvalue weighted by atomic mass is 10.1. The number of aliphatic imine (C=N–C) groups is 1. The Morgan fingerprint density at radius 2 is 1.96 bits per heavy atom. The largest absolute Gasteiger partial charge is 0.377 e. The lowest BCUT2D eigenvalue weighted by Gasteiger charge is -2.14. The minimum Gasteiger partial charge on any atom is -0.377 e. The van der Waals surface area contributed by atoms with Gasteiger partial charge in [0.15, 0.2) is 5.96 Å². The summed E-state index contributed by atoms with van der Waals surface area (Å²) in [5.41, 5.74) is 3.72. The molecule has 0 spiro atoms. The zero-order valence-electron chi connectivity index (χ0n) is 14.5. The fourth-order valence-electron chi connectivity index (χ4n) is 2.27. The Hall–Kier alpha value is -1.85. The lowest BCUT2D eigenvalue weighted by Crippen LogP contribution is -2.37. The Labute approximate surface area is 149 Å². The summed E-state index contributed by atoms with van der Waals surface area (Å²) in [5.74, 6) is 0.841. The average molecular weight is 346 g/mol. The molecule has 0 radical (unpaired) electrons. The number of nitrogens with zero attached hydrogens (tertiary/aromatic N) is 1. The number of rotatable bonds is 9. The van der Waals surface area contributed by atoms with E-state index >= 15 is 0 Å². The number of nitrogens with one attached hydrogen (secondary N) is 2. The molecular weight excluding hydrogens is 318 g/mol. The van der Waals surface area contributed by atoms with Crippen molar-refractivity contribution in [1.82, 2.24) is 10.6 Å². The quantitative estimate of drug-likeness (QED) is 0.411. The van der Waals surface area contributed by atoms with Gasteiger partial charge in [-0.15, -0.1) is 0 Å². The van der Waals surface area contributed by atoms with Gasteiger partial charge in [0.25, 0.3) is 0 Å². The van der Waals surface area contributed by atoms with Crippen molar-refractivity contribution in [3.8, 4) is 0 Å². The third-order valence-electron chi connectivity index (χ3n) is 3.51. The van der Waals surface area contributed by atoms with Gasteiger partial charge < -0.3 is 15.4 Å². The predicted octanol–water partition coefficient (Wildman–Crippen LogP) is 3.93. The van der Waals surface area contributed by atoms with Gasteiger partial charge in [0.2, 0.25) is 0 Å². The molecule has 0 amide bonds.